The molecule has 0 N–H and O–H groups in total. The molecule has 1 aliphatic rings. The lowest BCUT2D eigenvalue weighted by atomic mass is 9.84. The molecule has 3 heterocycles. The number of rotatable bonds is 0. The fourth-order valence-corrected chi connectivity index (χ4v) is 13.2. The van der Waals surface area contributed by atoms with Crippen LogP contribution in [0.25, 0.3) is 71.6 Å². The van der Waals surface area contributed by atoms with Crippen molar-refractivity contribution in [3.8, 4) is 11.1 Å². The first-order valence-corrected chi connectivity index (χ1v) is 26.7. The summed E-state index contributed by atoms with van der Waals surface area (Å²) in [7, 11) is 0. The molecule has 0 amide bonds. The lowest BCUT2D eigenvalue weighted by molar-refractivity contribution is 0.589. The molecule has 3 aromatic heterocycles. The average molecular weight is 943 g/mol. The van der Waals surface area contributed by atoms with Crippen LogP contribution < -0.4 is 0 Å². The second-order valence-electron chi connectivity index (χ2n) is 22.6. The first kappa shape index (κ1) is 47.5. The monoisotopic (exact) mass is 942 g/mol. The molecule has 0 radical (unpaired) electrons. The van der Waals surface area contributed by atoms with Gasteiger partial charge in [0, 0.05) is 60.5 Å². The molecule has 0 nitrogen and oxygen atoms in total. The van der Waals surface area contributed by atoms with E-state index in [-0.39, 0.29) is 21.7 Å². The molecule has 1 aliphatic carbocycles. The quantitative estimate of drug-likeness (QED) is 0.142. The first-order chi connectivity index (χ1) is 32.3. The fourth-order valence-electron chi connectivity index (χ4n) is 9.54. The Morgan fingerprint density at radius 1 is 0.309 bits per heavy atom. The minimum Gasteiger partial charge on any atom is -0.135 e. The highest BCUT2D eigenvalue weighted by molar-refractivity contribution is 7.26. The van der Waals surface area contributed by atoms with Crippen molar-refractivity contribution < 1.29 is 0 Å². The molecule has 68 heavy (non-hydrogen) atoms. The molecule has 344 valence electrons. The van der Waals surface area contributed by atoms with E-state index in [1.807, 2.05) is 34.0 Å². The van der Waals surface area contributed by atoms with Gasteiger partial charge in [0.25, 0.3) is 0 Å². The van der Waals surface area contributed by atoms with Crippen LogP contribution in [0.2, 0.25) is 0 Å². The molecule has 11 aromatic rings. The average Bonchev–Trinajstić information content (AvgIpc) is 4.08. The van der Waals surface area contributed by atoms with Gasteiger partial charge in [-0.25, -0.2) is 0 Å². The number of benzene rings is 8. The highest BCUT2D eigenvalue weighted by Crippen LogP contribution is 2.42. The lowest BCUT2D eigenvalue weighted by Gasteiger charge is -2.20. The zero-order valence-corrected chi connectivity index (χ0v) is 44.5. The summed E-state index contributed by atoms with van der Waals surface area (Å²) in [5, 5.41) is 8.42. The maximum atomic E-state index is 2.38. The van der Waals surface area contributed by atoms with Crippen molar-refractivity contribution in [1.82, 2.24) is 0 Å². The number of hydrogen-bond acceptors (Lipinski definition) is 3. The minimum absolute atomic E-state index is 0.198. The summed E-state index contributed by atoms with van der Waals surface area (Å²) in [6.45, 7) is 27.3. The zero-order chi connectivity index (χ0) is 48.2. The van der Waals surface area contributed by atoms with Crippen LogP contribution in [0, 0.1) is 0 Å². The van der Waals surface area contributed by atoms with E-state index >= 15 is 0 Å². The predicted octanol–water partition coefficient (Wildman–Crippen LogP) is 20.6. The van der Waals surface area contributed by atoms with Gasteiger partial charge in [0.15, 0.2) is 0 Å². The van der Waals surface area contributed by atoms with E-state index in [0.717, 1.165) is 6.42 Å². The molecule has 0 aliphatic heterocycles. The van der Waals surface area contributed by atoms with Crippen LogP contribution in [0.15, 0.2) is 170 Å². The molecule has 0 saturated carbocycles. The van der Waals surface area contributed by atoms with E-state index < -0.39 is 0 Å². The van der Waals surface area contributed by atoms with Gasteiger partial charge < -0.3 is 0 Å². The summed E-state index contributed by atoms with van der Waals surface area (Å²) in [5.74, 6) is 0. The van der Waals surface area contributed by atoms with Gasteiger partial charge in [0.05, 0.1) is 0 Å². The van der Waals surface area contributed by atoms with Gasteiger partial charge in [-0.2, -0.15) is 0 Å². The lowest BCUT2D eigenvalue weighted by Crippen LogP contribution is -2.11. The molecule has 3 heteroatoms. The van der Waals surface area contributed by atoms with Crippen molar-refractivity contribution in [1.29, 1.82) is 0 Å². The Labute approximate surface area is 417 Å². The zero-order valence-electron chi connectivity index (χ0n) is 42.1. The van der Waals surface area contributed by atoms with Crippen molar-refractivity contribution in [3.63, 3.8) is 0 Å². The van der Waals surface area contributed by atoms with Crippen LogP contribution in [0.3, 0.4) is 0 Å². The van der Waals surface area contributed by atoms with Crippen LogP contribution in [0.4, 0.5) is 0 Å². The molecule has 0 fully saturated rings. The largest absolute Gasteiger partial charge is 0.135 e. The van der Waals surface area contributed by atoms with Crippen molar-refractivity contribution in [3.05, 3.63) is 203 Å². The Hall–Kier alpha value is -5.58. The molecule has 0 unspecified atom stereocenters. The highest BCUT2D eigenvalue weighted by Gasteiger charge is 2.23. The Morgan fingerprint density at radius 3 is 1.43 bits per heavy atom. The molecule has 8 aromatic carbocycles. The van der Waals surface area contributed by atoms with Gasteiger partial charge in [-0.1, -0.05) is 217 Å². The summed E-state index contributed by atoms with van der Waals surface area (Å²) in [4.78, 5) is 0. The Balaban J connectivity index is 0.000000113. The molecule has 0 saturated heterocycles. The van der Waals surface area contributed by atoms with Gasteiger partial charge in [0.1, 0.15) is 0 Å². The maximum absolute atomic E-state index is 2.38. The fraction of sp³-hybridized carbons (Fsp3) is 0.262. The Kier molecular flexibility index (Phi) is 12.8. The summed E-state index contributed by atoms with van der Waals surface area (Å²) in [5.41, 5.74) is 12.4. The number of hydrogen-bond donors (Lipinski definition) is 0. The van der Waals surface area contributed by atoms with Gasteiger partial charge in [-0.15, -0.1) is 34.0 Å². The Bertz CT molecular complexity index is 3560. The second kappa shape index (κ2) is 18.4. The minimum atomic E-state index is 0.198. The van der Waals surface area contributed by atoms with Gasteiger partial charge in [-0.05, 0) is 109 Å². The molecule has 12 rings (SSSR count). The van der Waals surface area contributed by atoms with Crippen molar-refractivity contribution in [2.24, 2.45) is 0 Å². The summed E-state index contributed by atoms with van der Waals surface area (Å²) < 4.78 is 8.39. The molecule has 0 spiro atoms. The van der Waals surface area contributed by atoms with Crippen LogP contribution in [0.1, 0.15) is 116 Å². The first-order valence-electron chi connectivity index (χ1n) is 24.2. The van der Waals surface area contributed by atoms with Crippen LogP contribution in [-0.2, 0) is 28.1 Å². The Morgan fingerprint density at radius 2 is 0.765 bits per heavy atom. The van der Waals surface area contributed by atoms with E-state index in [1.165, 1.54) is 105 Å². The van der Waals surface area contributed by atoms with Gasteiger partial charge in [-0.3, -0.25) is 0 Å². The number of thiophene rings is 3. The van der Waals surface area contributed by atoms with E-state index in [9.17, 15) is 0 Å². The van der Waals surface area contributed by atoms with Gasteiger partial charge in [0.2, 0.25) is 0 Å². The smallest absolute Gasteiger partial charge is 0.0392 e. The third-order valence-corrected chi connectivity index (χ3v) is 16.8. The third kappa shape index (κ3) is 9.68. The standard InChI is InChI=1S/C17H18.3C16H16S/c1-17(2,3)14-8-9-16-13(11-14)10-12-6-4-5-7-15(12)16;1-16(2,3)13-9-6-8-12-11-7-4-5-10-14(11)17-15(12)13;1-16(2,3)12-8-6-10-14-15(12)11-7-4-5-9-13(11)17-14;1-16(2,3)11-8-9-15-13(10-11)12-6-4-5-7-14(12)17-15/h4-9,11H,10H2,1-3H3;3*4-10H,1-3H3. The van der Waals surface area contributed by atoms with E-state index in [1.54, 1.807) is 0 Å². The highest BCUT2D eigenvalue weighted by atomic mass is 32.1. The number of fused-ring (bicyclic) bond motifs is 12. The molecular weight excluding hydrogens is 877 g/mol. The van der Waals surface area contributed by atoms with Crippen molar-refractivity contribution >= 4 is 94.5 Å². The van der Waals surface area contributed by atoms with Crippen molar-refractivity contribution in [2.75, 3.05) is 0 Å². The van der Waals surface area contributed by atoms with Gasteiger partial charge >= 0.3 is 0 Å². The normalized spacial score (nSPS) is 12.6. The summed E-state index contributed by atoms with van der Waals surface area (Å²) >= 11 is 5.69. The summed E-state index contributed by atoms with van der Waals surface area (Å²) in [6.07, 6.45) is 1.09. The van der Waals surface area contributed by atoms with E-state index in [4.69, 9.17) is 0 Å². The topological polar surface area (TPSA) is 0 Å². The second-order valence-corrected chi connectivity index (χ2v) is 25.8. The molecule has 0 bridgehead atoms. The SMILES string of the molecule is CC(C)(C)c1ccc2c(c1)Cc1ccccc1-2.CC(C)(C)c1ccc2sc3ccccc3c2c1.CC(C)(C)c1cccc2c1sc1ccccc12.CC(C)(C)c1cccc2sc3ccccc3c12. The molecular formula is C65H66S3. The van der Waals surface area contributed by atoms with Crippen LogP contribution in [-0.4, -0.2) is 0 Å². The van der Waals surface area contributed by atoms with Crippen molar-refractivity contribution in [2.45, 2.75) is 111 Å². The van der Waals surface area contributed by atoms with E-state index in [2.05, 4.69) is 253 Å². The predicted molar refractivity (Wildman–Crippen MR) is 307 cm³/mol. The third-order valence-electron chi connectivity index (χ3n) is 13.3. The molecule has 0 atom stereocenters. The van der Waals surface area contributed by atoms with Crippen LogP contribution in [0.5, 0.6) is 0 Å². The summed E-state index contributed by atoms with van der Waals surface area (Å²) in [6, 6.07) is 62.0. The van der Waals surface area contributed by atoms with E-state index in [0.29, 0.717) is 0 Å². The maximum Gasteiger partial charge on any atom is 0.0392 e. The van der Waals surface area contributed by atoms with Crippen LogP contribution >= 0.6 is 34.0 Å².